The smallest absolute Gasteiger partial charge is 0.367 e. The molecule has 1 aliphatic heterocycles. The van der Waals surface area contributed by atoms with Crippen molar-refractivity contribution in [2.75, 3.05) is 17.8 Å². The molecular weight excluding hydrogens is 455 g/mol. The molecule has 0 saturated heterocycles. The molecule has 0 spiro atoms. The molecule has 5 nitrogen and oxygen atoms in total. The van der Waals surface area contributed by atoms with Gasteiger partial charge in [0.1, 0.15) is 6.61 Å². The zero-order valence-electron chi connectivity index (χ0n) is 17.6. The first-order valence-corrected chi connectivity index (χ1v) is 11.9. The van der Waals surface area contributed by atoms with Gasteiger partial charge < -0.3 is 9.64 Å². The molecule has 0 radical (unpaired) electrons. The summed E-state index contributed by atoms with van der Waals surface area (Å²) in [6.45, 7) is 0.162. The van der Waals surface area contributed by atoms with Crippen LogP contribution in [0, 0.1) is 0 Å². The Kier molecular flexibility index (Phi) is 6.02. The molecule has 4 rings (SSSR count). The third kappa shape index (κ3) is 5.09. The average molecular weight is 475 g/mol. The predicted molar refractivity (Wildman–Crippen MR) is 117 cm³/mol. The zero-order valence-corrected chi connectivity index (χ0v) is 18.4. The summed E-state index contributed by atoms with van der Waals surface area (Å²) in [6.07, 6.45) is -3.30. The van der Waals surface area contributed by atoms with Crippen LogP contribution in [0.25, 0.3) is 11.1 Å². The zero-order chi connectivity index (χ0) is 23.8. The van der Waals surface area contributed by atoms with E-state index in [2.05, 4.69) is 0 Å². The summed E-state index contributed by atoms with van der Waals surface area (Å²) in [4.78, 5) is 14.5. The van der Waals surface area contributed by atoms with Crippen LogP contribution in [0.3, 0.4) is 0 Å². The quantitative estimate of drug-likeness (QED) is 0.542. The number of rotatable bonds is 4. The fraction of sp³-hybridized carbons (Fsp3) is 0.208. The molecule has 0 aromatic heterocycles. The van der Waals surface area contributed by atoms with Crippen molar-refractivity contribution in [3.63, 3.8) is 0 Å². The van der Waals surface area contributed by atoms with Crippen molar-refractivity contribution in [3.8, 4) is 11.1 Å². The lowest BCUT2D eigenvalue weighted by atomic mass is 10.0. The molecular formula is C24H20F3NO4S. The Morgan fingerprint density at radius 3 is 2.15 bits per heavy atom. The molecule has 0 unspecified atom stereocenters. The van der Waals surface area contributed by atoms with Crippen molar-refractivity contribution in [1.82, 2.24) is 0 Å². The number of amides is 1. The Balaban J connectivity index is 1.68. The number of benzene rings is 3. The van der Waals surface area contributed by atoms with E-state index in [1.165, 1.54) is 29.2 Å². The number of sulfone groups is 1. The van der Waals surface area contributed by atoms with Crippen LogP contribution in [0.1, 0.15) is 16.7 Å². The molecule has 9 heteroatoms. The molecule has 172 valence electrons. The van der Waals surface area contributed by atoms with Crippen LogP contribution in [0.4, 0.5) is 18.9 Å². The number of carbonyl (C=O) groups excluding carboxylic acids is 1. The van der Waals surface area contributed by atoms with Crippen molar-refractivity contribution in [2.24, 2.45) is 0 Å². The second-order valence-electron chi connectivity index (χ2n) is 7.81. The third-order valence-electron chi connectivity index (χ3n) is 5.40. The highest BCUT2D eigenvalue weighted by molar-refractivity contribution is 7.90. The Morgan fingerprint density at radius 2 is 1.55 bits per heavy atom. The van der Waals surface area contributed by atoms with E-state index in [9.17, 15) is 26.4 Å². The first kappa shape index (κ1) is 23.0. The molecule has 3 aromatic rings. The number of carbonyl (C=O) groups is 1. The number of ether oxygens (including phenoxy) is 1. The van der Waals surface area contributed by atoms with Crippen molar-refractivity contribution in [2.45, 2.75) is 24.2 Å². The molecule has 3 aromatic carbocycles. The number of halogens is 3. The van der Waals surface area contributed by atoms with Gasteiger partial charge in [-0.05, 0) is 47.0 Å². The highest BCUT2D eigenvalue weighted by atomic mass is 32.2. The van der Waals surface area contributed by atoms with Crippen LogP contribution in [-0.2, 0) is 38.7 Å². The lowest BCUT2D eigenvalue weighted by Gasteiger charge is -2.23. The van der Waals surface area contributed by atoms with E-state index in [4.69, 9.17) is 4.74 Å². The van der Waals surface area contributed by atoms with E-state index in [0.717, 1.165) is 35.1 Å². The molecule has 1 amide bonds. The number of anilines is 1. The Labute approximate surface area is 189 Å². The fourth-order valence-electron chi connectivity index (χ4n) is 3.63. The highest BCUT2D eigenvalue weighted by Gasteiger charge is 2.30. The number of hydrogen-bond acceptors (Lipinski definition) is 4. The minimum atomic E-state index is -4.43. The number of nitrogens with zero attached hydrogens (tertiary/aromatic N) is 1. The molecule has 1 aliphatic rings. The first-order valence-electron chi connectivity index (χ1n) is 10.00. The summed E-state index contributed by atoms with van der Waals surface area (Å²) in [6, 6.07) is 16.6. The SMILES string of the molecule is CS(=O)(=O)c1ccc(-c2ccc3c(c2)N(Cc2ccc(C(F)(F)F)cc2)C(=O)COC3)cc1. The van der Waals surface area contributed by atoms with Gasteiger partial charge in [-0.25, -0.2) is 8.42 Å². The molecule has 0 bridgehead atoms. The first-order chi connectivity index (χ1) is 15.5. The van der Waals surface area contributed by atoms with Gasteiger partial charge in [-0.2, -0.15) is 13.2 Å². The van der Waals surface area contributed by atoms with E-state index in [1.807, 2.05) is 12.1 Å². The summed E-state index contributed by atoms with van der Waals surface area (Å²) < 4.78 is 67.5. The van der Waals surface area contributed by atoms with Crippen LogP contribution in [0.5, 0.6) is 0 Å². The highest BCUT2D eigenvalue weighted by Crippen LogP contribution is 2.33. The second-order valence-corrected chi connectivity index (χ2v) is 9.82. The van der Waals surface area contributed by atoms with Gasteiger partial charge in [-0.15, -0.1) is 0 Å². The van der Waals surface area contributed by atoms with Gasteiger partial charge in [0.2, 0.25) is 0 Å². The van der Waals surface area contributed by atoms with Crippen LogP contribution in [-0.4, -0.2) is 27.2 Å². The number of fused-ring (bicyclic) bond motifs is 1. The van der Waals surface area contributed by atoms with Crippen molar-refractivity contribution in [1.29, 1.82) is 0 Å². The normalized spacial score (nSPS) is 14.7. The monoisotopic (exact) mass is 475 g/mol. The number of alkyl halides is 3. The molecule has 0 N–H and O–H groups in total. The molecule has 0 fully saturated rings. The summed E-state index contributed by atoms with van der Waals surface area (Å²) in [5, 5.41) is 0. The van der Waals surface area contributed by atoms with Gasteiger partial charge in [0, 0.05) is 11.8 Å². The second kappa shape index (κ2) is 8.64. The Hall–Kier alpha value is -3.17. The van der Waals surface area contributed by atoms with E-state index in [1.54, 1.807) is 18.2 Å². The minimum absolute atomic E-state index is 0.0871. The maximum atomic E-state index is 12.9. The van der Waals surface area contributed by atoms with Crippen LogP contribution in [0.2, 0.25) is 0 Å². The largest absolute Gasteiger partial charge is 0.416 e. The summed E-state index contributed by atoms with van der Waals surface area (Å²) >= 11 is 0. The fourth-order valence-corrected chi connectivity index (χ4v) is 4.26. The topological polar surface area (TPSA) is 63.7 Å². The van der Waals surface area contributed by atoms with E-state index in [-0.39, 0.29) is 30.6 Å². The maximum Gasteiger partial charge on any atom is 0.416 e. The van der Waals surface area contributed by atoms with E-state index < -0.39 is 21.6 Å². The minimum Gasteiger partial charge on any atom is -0.367 e. The summed E-state index contributed by atoms with van der Waals surface area (Å²) in [7, 11) is -3.32. The van der Waals surface area contributed by atoms with Gasteiger partial charge in [-0.1, -0.05) is 36.4 Å². The standard InChI is InChI=1S/C24H20F3NO4S/c1-33(30,31)21-10-6-17(7-11-21)18-4-5-19-14-32-15-23(29)28(22(19)12-18)13-16-2-8-20(9-3-16)24(25,26)27/h2-12H,13-15H2,1H3. The number of hydrogen-bond donors (Lipinski definition) is 0. The molecule has 1 heterocycles. The van der Waals surface area contributed by atoms with E-state index >= 15 is 0 Å². The van der Waals surface area contributed by atoms with Crippen LogP contribution >= 0.6 is 0 Å². The van der Waals surface area contributed by atoms with Crippen molar-refractivity contribution >= 4 is 21.4 Å². The molecule has 0 saturated carbocycles. The van der Waals surface area contributed by atoms with Gasteiger partial charge >= 0.3 is 6.18 Å². The van der Waals surface area contributed by atoms with Gasteiger partial charge in [0.25, 0.3) is 5.91 Å². The van der Waals surface area contributed by atoms with Crippen LogP contribution in [0.15, 0.2) is 71.6 Å². The lowest BCUT2D eigenvalue weighted by Crippen LogP contribution is -2.32. The Morgan fingerprint density at radius 1 is 0.909 bits per heavy atom. The summed E-state index contributed by atoms with van der Waals surface area (Å²) in [5.41, 5.74) is 2.69. The van der Waals surface area contributed by atoms with Crippen molar-refractivity contribution < 1.29 is 31.1 Å². The maximum absolute atomic E-state index is 12.9. The molecule has 0 atom stereocenters. The van der Waals surface area contributed by atoms with Crippen molar-refractivity contribution in [3.05, 3.63) is 83.4 Å². The average Bonchev–Trinajstić information content (AvgIpc) is 2.91. The Bertz CT molecular complexity index is 1280. The summed E-state index contributed by atoms with van der Waals surface area (Å²) in [5.74, 6) is -0.307. The predicted octanol–water partition coefficient (Wildman–Crippen LogP) is 4.84. The van der Waals surface area contributed by atoms with Crippen LogP contribution < -0.4 is 4.90 Å². The van der Waals surface area contributed by atoms with Gasteiger partial charge in [0.05, 0.1) is 29.3 Å². The van der Waals surface area contributed by atoms with Gasteiger partial charge in [0.15, 0.2) is 9.84 Å². The molecule has 0 aliphatic carbocycles. The lowest BCUT2D eigenvalue weighted by molar-refractivity contribution is -0.137. The molecule has 33 heavy (non-hydrogen) atoms. The van der Waals surface area contributed by atoms with E-state index in [0.29, 0.717) is 11.3 Å². The third-order valence-corrected chi connectivity index (χ3v) is 6.53. The van der Waals surface area contributed by atoms with Gasteiger partial charge in [-0.3, -0.25) is 4.79 Å².